The number of hydrogen-bond acceptors (Lipinski definition) is 0. The highest BCUT2D eigenvalue weighted by Crippen LogP contribution is 2.50. The third-order valence-electron chi connectivity index (χ3n) is 7.19. The number of aryl methyl sites for hydroxylation is 1. The molecule has 0 atom stereocenters. The lowest BCUT2D eigenvalue weighted by atomic mass is 9.82. The van der Waals surface area contributed by atoms with Crippen molar-refractivity contribution in [3.05, 3.63) is 101 Å². The van der Waals surface area contributed by atoms with Crippen LogP contribution in [0.1, 0.15) is 36.1 Å². The Morgan fingerprint density at radius 1 is 0.633 bits per heavy atom. The van der Waals surface area contributed by atoms with Gasteiger partial charge in [0, 0.05) is 21.9 Å². The SMILES string of the molecule is Cc1cccc(-n2c3ccccc3c3cc4c(cc32)C(C)(C)c2ccccc2-4)c1C. The minimum absolute atomic E-state index is 0.00303. The second-order valence-corrected chi connectivity index (χ2v) is 9.16. The summed E-state index contributed by atoms with van der Waals surface area (Å²) >= 11 is 0. The molecule has 146 valence electrons. The minimum atomic E-state index is 0.00303. The Hall–Kier alpha value is -3.32. The fourth-order valence-electron chi connectivity index (χ4n) is 5.40. The first-order chi connectivity index (χ1) is 14.5. The molecule has 30 heavy (non-hydrogen) atoms. The van der Waals surface area contributed by atoms with Crippen LogP contribution in [-0.4, -0.2) is 4.57 Å². The number of para-hydroxylation sites is 1. The average molecular weight is 388 g/mol. The number of aromatic nitrogens is 1. The van der Waals surface area contributed by atoms with Gasteiger partial charge in [0.15, 0.2) is 0 Å². The Labute approximate surface area is 177 Å². The van der Waals surface area contributed by atoms with E-state index in [-0.39, 0.29) is 5.41 Å². The van der Waals surface area contributed by atoms with E-state index in [1.165, 1.54) is 60.9 Å². The van der Waals surface area contributed by atoms with Crippen LogP contribution in [0.5, 0.6) is 0 Å². The van der Waals surface area contributed by atoms with Crippen LogP contribution < -0.4 is 0 Å². The third-order valence-corrected chi connectivity index (χ3v) is 7.19. The molecule has 1 aliphatic carbocycles. The number of fused-ring (bicyclic) bond motifs is 6. The third kappa shape index (κ3) is 2.13. The van der Waals surface area contributed by atoms with Crippen molar-refractivity contribution in [2.75, 3.05) is 0 Å². The Kier molecular flexibility index (Phi) is 3.42. The Morgan fingerprint density at radius 2 is 1.40 bits per heavy atom. The van der Waals surface area contributed by atoms with E-state index in [1.807, 2.05) is 0 Å². The number of benzene rings is 4. The van der Waals surface area contributed by atoms with Crippen molar-refractivity contribution >= 4 is 21.8 Å². The van der Waals surface area contributed by atoms with Gasteiger partial charge in [-0.15, -0.1) is 0 Å². The summed E-state index contributed by atoms with van der Waals surface area (Å²) in [7, 11) is 0. The highest BCUT2D eigenvalue weighted by Gasteiger charge is 2.36. The molecular weight excluding hydrogens is 362 g/mol. The molecule has 6 rings (SSSR count). The van der Waals surface area contributed by atoms with Crippen LogP contribution in [-0.2, 0) is 5.41 Å². The summed E-state index contributed by atoms with van der Waals surface area (Å²) in [6.45, 7) is 9.14. The first kappa shape index (κ1) is 17.5. The van der Waals surface area contributed by atoms with Gasteiger partial charge in [0.2, 0.25) is 0 Å². The van der Waals surface area contributed by atoms with E-state index < -0.39 is 0 Å². The Balaban J connectivity index is 1.79. The maximum Gasteiger partial charge on any atom is 0.0544 e. The van der Waals surface area contributed by atoms with E-state index in [0.29, 0.717) is 0 Å². The van der Waals surface area contributed by atoms with Crippen molar-refractivity contribution in [3.63, 3.8) is 0 Å². The zero-order chi connectivity index (χ0) is 20.6. The molecule has 1 nitrogen and oxygen atoms in total. The smallest absolute Gasteiger partial charge is 0.0544 e. The monoisotopic (exact) mass is 387 g/mol. The van der Waals surface area contributed by atoms with Gasteiger partial charge >= 0.3 is 0 Å². The van der Waals surface area contributed by atoms with Crippen LogP contribution in [0.25, 0.3) is 38.6 Å². The normalized spacial score (nSPS) is 14.3. The first-order valence-corrected chi connectivity index (χ1v) is 10.7. The lowest BCUT2D eigenvalue weighted by molar-refractivity contribution is 0.661. The molecule has 0 fully saturated rings. The molecule has 0 N–H and O–H groups in total. The molecule has 0 amide bonds. The Morgan fingerprint density at radius 3 is 2.27 bits per heavy atom. The molecular formula is C29H25N. The molecule has 1 heteroatoms. The highest BCUT2D eigenvalue weighted by molar-refractivity contribution is 6.11. The van der Waals surface area contributed by atoms with Crippen molar-refractivity contribution in [2.45, 2.75) is 33.1 Å². The molecule has 0 spiro atoms. The second kappa shape index (κ2) is 5.86. The lowest BCUT2D eigenvalue weighted by Crippen LogP contribution is -2.15. The van der Waals surface area contributed by atoms with Gasteiger partial charge in [-0.25, -0.2) is 0 Å². The second-order valence-electron chi connectivity index (χ2n) is 9.16. The predicted octanol–water partition coefficient (Wildman–Crippen LogP) is 7.71. The van der Waals surface area contributed by atoms with Gasteiger partial charge in [0.1, 0.15) is 0 Å². The van der Waals surface area contributed by atoms with Crippen LogP contribution in [0.15, 0.2) is 78.9 Å². The van der Waals surface area contributed by atoms with Gasteiger partial charge in [-0.2, -0.15) is 0 Å². The summed E-state index contributed by atoms with van der Waals surface area (Å²) in [5.74, 6) is 0. The molecule has 0 radical (unpaired) electrons. The van der Waals surface area contributed by atoms with Gasteiger partial charge in [0.25, 0.3) is 0 Å². The van der Waals surface area contributed by atoms with Gasteiger partial charge in [-0.05, 0) is 71.5 Å². The van der Waals surface area contributed by atoms with Crippen molar-refractivity contribution in [3.8, 4) is 16.8 Å². The van der Waals surface area contributed by atoms with E-state index in [2.05, 4.69) is 111 Å². The van der Waals surface area contributed by atoms with Crippen molar-refractivity contribution < 1.29 is 0 Å². The van der Waals surface area contributed by atoms with Crippen LogP contribution in [0.3, 0.4) is 0 Å². The number of nitrogens with zero attached hydrogens (tertiary/aromatic N) is 1. The molecule has 0 aliphatic heterocycles. The van der Waals surface area contributed by atoms with E-state index in [1.54, 1.807) is 0 Å². The summed E-state index contributed by atoms with van der Waals surface area (Å²) in [5.41, 5.74) is 12.1. The average Bonchev–Trinajstić information content (AvgIpc) is 3.19. The molecule has 5 aromatic rings. The minimum Gasteiger partial charge on any atom is -0.309 e. The summed E-state index contributed by atoms with van der Waals surface area (Å²) in [6, 6.07) is 29.2. The topological polar surface area (TPSA) is 4.93 Å². The van der Waals surface area contributed by atoms with Crippen molar-refractivity contribution in [2.24, 2.45) is 0 Å². The molecule has 1 heterocycles. The lowest BCUT2D eigenvalue weighted by Gasteiger charge is -2.22. The molecule has 0 unspecified atom stereocenters. The van der Waals surface area contributed by atoms with E-state index in [0.717, 1.165) is 0 Å². The summed E-state index contributed by atoms with van der Waals surface area (Å²) < 4.78 is 2.46. The summed E-state index contributed by atoms with van der Waals surface area (Å²) in [4.78, 5) is 0. The maximum absolute atomic E-state index is 2.46. The summed E-state index contributed by atoms with van der Waals surface area (Å²) in [5, 5.41) is 2.65. The van der Waals surface area contributed by atoms with Crippen LogP contribution >= 0.6 is 0 Å². The molecule has 4 aromatic carbocycles. The van der Waals surface area contributed by atoms with Gasteiger partial charge in [-0.3, -0.25) is 0 Å². The largest absolute Gasteiger partial charge is 0.309 e. The first-order valence-electron chi connectivity index (χ1n) is 10.7. The van der Waals surface area contributed by atoms with Gasteiger partial charge in [-0.1, -0.05) is 68.4 Å². The quantitative estimate of drug-likeness (QED) is 0.278. The van der Waals surface area contributed by atoms with E-state index in [9.17, 15) is 0 Å². The van der Waals surface area contributed by atoms with Gasteiger partial charge in [0.05, 0.1) is 11.0 Å². The molecule has 1 aromatic heterocycles. The summed E-state index contributed by atoms with van der Waals surface area (Å²) in [6.07, 6.45) is 0. The van der Waals surface area contributed by atoms with Crippen molar-refractivity contribution in [1.29, 1.82) is 0 Å². The number of rotatable bonds is 1. The molecule has 1 aliphatic rings. The fourth-order valence-corrected chi connectivity index (χ4v) is 5.40. The van der Waals surface area contributed by atoms with E-state index >= 15 is 0 Å². The van der Waals surface area contributed by atoms with Gasteiger partial charge < -0.3 is 4.57 Å². The highest BCUT2D eigenvalue weighted by atomic mass is 15.0. The van der Waals surface area contributed by atoms with Crippen molar-refractivity contribution in [1.82, 2.24) is 4.57 Å². The zero-order valence-electron chi connectivity index (χ0n) is 18.0. The Bertz CT molecular complexity index is 1480. The van der Waals surface area contributed by atoms with E-state index in [4.69, 9.17) is 0 Å². The predicted molar refractivity (Wildman–Crippen MR) is 128 cm³/mol. The molecule has 0 saturated carbocycles. The molecule has 0 bridgehead atoms. The molecule has 0 saturated heterocycles. The fraction of sp³-hybridized carbons (Fsp3) is 0.172. The standard InChI is InChI=1S/C29H25N/c1-18-10-9-15-26(19(18)2)30-27-14-8-6-12-21(27)23-16-22-20-11-5-7-13-24(20)29(3,4)25(22)17-28(23)30/h5-17H,1-4H3. The number of hydrogen-bond donors (Lipinski definition) is 0. The van der Waals surface area contributed by atoms with Crippen LogP contribution in [0, 0.1) is 13.8 Å². The zero-order valence-corrected chi connectivity index (χ0v) is 18.0. The van der Waals surface area contributed by atoms with Crippen LogP contribution in [0.2, 0.25) is 0 Å². The maximum atomic E-state index is 2.46. The van der Waals surface area contributed by atoms with Crippen LogP contribution in [0.4, 0.5) is 0 Å².